The standard InChI is InChI=1S/C18H19ClN2O4S/c1-13-3-2-4-14(11-13)20-26(23,24)15-5-6-17(19)16(12-15)18(22)21-7-9-25-10-8-21/h2-6,11-12,20H,7-10H2,1H3. The number of carbonyl (C=O) groups excluding carboxylic acids is 1. The van der Waals surface area contributed by atoms with Crippen LogP contribution < -0.4 is 4.72 Å². The fourth-order valence-electron chi connectivity index (χ4n) is 2.69. The zero-order chi connectivity index (χ0) is 18.7. The van der Waals surface area contributed by atoms with Crippen LogP contribution in [0.5, 0.6) is 0 Å². The average Bonchev–Trinajstić information content (AvgIpc) is 2.62. The molecule has 8 heteroatoms. The summed E-state index contributed by atoms with van der Waals surface area (Å²) < 4.78 is 33.1. The lowest BCUT2D eigenvalue weighted by Gasteiger charge is -2.27. The van der Waals surface area contributed by atoms with Crippen molar-refractivity contribution in [1.29, 1.82) is 0 Å². The molecule has 1 aliphatic rings. The minimum atomic E-state index is -3.84. The van der Waals surface area contributed by atoms with Gasteiger partial charge in [0.05, 0.1) is 28.7 Å². The number of nitrogens with zero attached hydrogens (tertiary/aromatic N) is 1. The van der Waals surface area contributed by atoms with Crippen molar-refractivity contribution in [1.82, 2.24) is 4.90 Å². The number of hydrogen-bond donors (Lipinski definition) is 1. The second kappa shape index (κ2) is 7.65. The topological polar surface area (TPSA) is 75.7 Å². The molecule has 1 amide bonds. The predicted molar refractivity (Wildman–Crippen MR) is 100 cm³/mol. The van der Waals surface area contributed by atoms with Crippen molar-refractivity contribution in [3.63, 3.8) is 0 Å². The number of rotatable bonds is 4. The number of hydrogen-bond acceptors (Lipinski definition) is 4. The van der Waals surface area contributed by atoms with E-state index in [0.29, 0.717) is 32.0 Å². The van der Waals surface area contributed by atoms with Crippen LogP contribution in [-0.2, 0) is 14.8 Å². The van der Waals surface area contributed by atoms with Gasteiger partial charge in [0.15, 0.2) is 0 Å². The normalized spacial score (nSPS) is 14.9. The van der Waals surface area contributed by atoms with E-state index < -0.39 is 10.0 Å². The Balaban J connectivity index is 1.89. The monoisotopic (exact) mass is 394 g/mol. The van der Waals surface area contributed by atoms with E-state index in [1.165, 1.54) is 18.2 Å². The van der Waals surface area contributed by atoms with Crippen LogP contribution >= 0.6 is 11.6 Å². The van der Waals surface area contributed by atoms with Gasteiger partial charge in [0.1, 0.15) is 0 Å². The number of benzene rings is 2. The molecule has 1 aliphatic heterocycles. The minimum absolute atomic E-state index is 0.0139. The van der Waals surface area contributed by atoms with E-state index in [4.69, 9.17) is 16.3 Å². The third kappa shape index (κ3) is 4.17. The molecule has 0 radical (unpaired) electrons. The van der Waals surface area contributed by atoms with Gasteiger partial charge in [0.25, 0.3) is 15.9 Å². The Morgan fingerprint density at radius 1 is 1.15 bits per heavy atom. The molecule has 0 atom stereocenters. The summed E-state index contributed by atoms with van der Waals surface area (Å²) in [7, 11) is -3.84. The number of carbonyl (C=O) groups is 1. The number of morpholine rings is 1. The zero-order valence-corrected chi connectivity index (χ0v) is 15.8. The Hall–Kier alpha value is -2.09. The number of amides is 1. The van der Waals surface area contributed by atoms with E-state index in [1.54, 1.807) is 23.1 Å². The lowest BCUT2D eigenvalue weighted by Crippen LogP contribution is -2.40. The summed E-state index contributed by atoms with van der Waals surface area (Å²) in [5.74, 6) is -0.300. The van der Waals surface area contributed by atoms with Gasteiger partial charge in [-0.3, -0.25) is 9.52 Å². The summed E-state index contributed by atoms with van der Waals surface area (Å²) in [6.45, 7) is 3.69. The second-order valence-electron chi connectivity index (χ2n) is 6.02. The van der Waals surface area contributed by atoms with E-state index in [1.807, 2.05) is 13.0 Å². The third-order valence-corrected chi connectivity index (χ3v) is 5.76. The van der Waals surface area contributed by atoms with Gasteiger partial charge in [-0.1, -0.05) is 23.7 Å². The summed E-state index contributed by atoms with van der Waals surface area (Å²) in [5, 5.41) is 0.219. The molecule has 26 heavy (non-hydrogen) atoms. The molecule has 0 aliphatic carbocycles. The maximum Gasteiger partial charge on any atom is 0.261 e. The largest absolute Gasteiger partial charge is 0.378 e. The molecule has 6 nitrogen and oxygen atoms in total. The first-order valence-electron chi connectivity index (χ1n) is 8.13. The van der Waals surface area contributed by atoms with Gasteiger partial charge in [0, 0.05) is 18.8 Å². The summed E-state index contributed by atoms with van der Waals surface area (Å²) in [5.41, 5.74) is 1.56. The maximum absolute atomic E-state index is 12.7. The molecule has 0 unspecified atom stereocenters. The molecule has 1 N–H and O–H groups in total. The highest BCUT2D eigenvalue weighted by Crippen LogP contribution is 2.24. The lowest BCUT2D eigenvalue weighted by atomic mass is 10.2. The number of nitrogens with one attached hydrogen (secondary N) is 1. The van der Waals surface area contributed by atoms with Gasteiger partial charge in [-0.15, -0.1) is 0 Å². The molecule has 0 bridgehead atoms. The van der Waals surface area contributed by atoms with E-state index >= 15 is 0 Å². The van der Waals surface area contributed by atoms with Crippen LogP contribution in [0, 0.1) is 6.92 Å². The smallest absolute Gasteiger partial charge is 0.261 e. The van der Waals surface area contributed by atoms with Crippen molar-refractivity contribution in [3.05, 3.63) is 58.6 Å². The Kier molecular flexibility index (Phi) is 5.50. The van der Waals surface area contributed by atoms with Crippen LogP contribution in [0.4, 0.5) is 5.69 Å². The third-order valence-electron chi connectivity index (χ3n) is 4.05. The molecule has 0 saturated carbocycles. The van der Waals surface area contributed by atoms with Crippen molar-refractivity contribution < 1.29 is 17.9 Å². The van der Waals surface area contributed by atoms with Crippen LogP contribution in [0.15, 0.2) is 47.4 Å². The van der Waals surface area contributed by atoms with Crippen molar-refractivity contribution in [2.45, 2.75) is 11.8 Å². The molecule has 138 valence electrons. The highest BCUT2D eigenvalue weighted by atomic mass is 35.5. The van der Waals surface area contributed by atoms with Gasteiger partial charge in [-0.05, 0) is 42.8 Å². The molecule has 0 spiro atoms. The number of aryl methyl sites for hydroxylation is 1. The molecule has 1 fully saturated rings. The SMILES string of the molecule is Cc1cccc(NS(=O)(=O)c2ccc(Cl)c(C(=O)N3CCOCC3)c2)c1. The minimum Gasteiger partial charge on any atom is -0.378 e. The molecule has 2 aromatic carbocycles. The Labute approximate surface area is 157 Å². The summed E-state index contributed by atoms with van der Waals surface area (Å²) in [6.07, 6.45) is 0. The van der Waals surface area contributed by atoms with Crippen LogP contribution in [0.25, 0.3) is 0 Å². The zero-order valence-electron chi connectivity index (χ0n) is 14.2. The van der Waals surface area contributed by atoms with Gasteiger partial charge in [-0.2, -0.15) is 0 Å². The first-order chi connectivity index (χ1) is 12.4. The van der Waals surface area contributed by atoms with Crippen LogP contribution in [-0.4, -0.2) is 45.5 Å². The van der Waals surface area contributed by atoms with Crippen molar-refractivity contribution in [2.24, 2.45) is 0 Å². The summed E-state index contributed by atoms with van der Waals surface area (Å²) in [6, 6.07) is 11.2. The van der Waals surface area contributed by atoms with E-state index in [-0.39, 0.29) is 21.4 Å². The summed E-state index contributed by atoms with van der Waals surface area (Å²) >= 11 is 6.15. The van der Waals surface area contributed by atoms with Gasteiger partial charge in [-0.25, -0.2) is 8.42 Å². The molecular weight excluding hydrogens is 376 g/mol. The lowest BCUT2D eigenvalue weighted by molar-refractivity contribution is 0.0303. The van der Waals surface area contributed by atoms with E-state index in [2.05, 4.69) is 4.72 Å². The highest BCUT2D eigenvalue weighted by molar-refractivity contribution is 7.92. The summed E-state index contributed by atoms with van der Waals surface area (Å²) in [4.78, 5) is 14.3. The van der Waals surface area contributed by atoms with Crippen LogP contribution in [0.1, 0.15) is 15.9 Å². The van der Waals surface area contributed by atoms with Crippen molar-refractivity contribution in [2.75, 3.05) is 31.0 Å². The number of sulfonamides is 1. The quantitative estimate of drug-likeness (QED) is 0.865. The van der Waals surface area contributed by atoms with E-state index in [0.717, 1.165) is 5.56 Å². The molecule has 3 rings (SSSR count). The fraction of sp³-hybridized carbons (Fsp3) is 0.278. The second-order valence-corrected chi connectivity index (χ2v) is 8.11. The molecule has 1 saturated heterocycles. The number of halogens is 1. The number of anilines is 1. The first kappa shape index (κ1) is 18.7. The van der Waals surface area contributed by atoms with Gasteiger partial charge in [0.2, 0.25) is 0 Å². The van der Waals surface area contributed by atoms with Gasteiger partial charge >= 0.3 is 0 Å². The molecular formula is C18H19ClN2O4S. The maximum atomic E-state index is 12.7. The molecule has 1 heterocycles. The average molecular weight is 395 g/mol. The van der Waals surface area contributed by atoms with Gasteiger partial charge < -0.3 is 9.64 Å². The Morgan fingerprint density at radius 3 is 2.58 bits per heavy atom. The Morgan fingerprint density at radius 2 is 1.88 bits per heavy atom. The van der Waals surface area contributed by atoms with Crippen molar-refractivity contribution in [3.8, 4) is 0 Å². The predicted octanol–water partition coefficient (Wildman–Crippen LogP) is 2.92. The van der Waals surface area contributed by atoms with Crippen LogP contribution in [0.2, 0.25) is 5.02 Å². The fourth-order valence-corrected chi connectivity index (χ4v) is 3.97. The van der Waals surface area contributed by atoms with Crippen molar-refractivity contribution >= 4 is 33.2 Å². The van der Waals surface area contributed by atoms with Crippen LogP contribution in [0.3, 0.4) is 0 Å². The number of ether oxygens (including phenoxy) is 1. The molecule has 0 aromatic heterocycles. The first-order valence-corrected chi connectivity index (χ1v) is 9.99. The molecule has 2 aromatic rings. The Bertz CT molecular complexity index is 925. The van der Waals surface area contributed by atoms with E-state index in [9.17, 15) is 13.2 Å². The highest BCUT2D eigenvalue weighted by Gasteiger charge is 2.23.